The van der Waals surface area contributed by atoms with E-state index in [1.807, 2.05) is 0 Å². The molecule has 0 saturated carbocycles. The van der Waals surface area contributed by atoms with E-state index in [0.717, 1.165) is 12.2 Å². The Labute approximate surface area is 145 Å². The van der Waals surface area contributed by atoms with Crippen LogP contribution in [0.15, 0.2) is 36.4 Å². The lowest BCUT2D eigenvalue weighted by atomic mass is 10.2. The van der Waals surface area contributed by atoms with Crippen molar-refractivity contribution < 1.29 is 19.1 Å². The average molecular weight is 349 g/mol. The van der Waals surface area contributed by atoms with E-state index in [4.69, 9.17) is 12.2 Å². The third-order valence-corrected chi connectivity index (χ3v) is 2.82. The van der Waals surface area contributed by atoms with Gasteiger partial charge in [0.15, 0.2) is 5.11 Å². The average Bonchev–Trinajstić information content (AvgIpc) is 2.53. The summed E-state index contributed by atoms with van der Waals surface area (Å²) in [5, 5.41) is 7.99. The molecule has 128 valence electrons. The lowest BCUT2D eigenvalue weighted by molar-refractivity contribution is -0.137. The van der Waals surface area contributed by atoms with E-state index in [2.05, 4.69) is 20.7 Å². The number of carbonyl (C=O) groups excluding carboxylic acids is 3. The fraction of sp³-hybridized carbons (Fsp3) is 0.250. The number of nitrogens with one attached hydrogen (secondary N) is 3. The molecule has 0 bridgehead atoms. The van der Waals surface area contributed by atoms with Crippen LogP contribution in [0, 0.1) is 0 Å². The fourth-order valence-electron chi connectivity index (χ4n) is 1.57. The van der Waals surface area contributed by atoms with E-state index in [1.165, 1.54) is 0 Å². The monoisotopic (exact) mass is 349 g/mol. The molecule has 0 fully saturated rings. The smallest absolute Gasteiger partial charge is 0.330 e. The molecule has 0 atom stereocenters. The predicted octanol–water partition coefficient (Wildman–Crippen LogP) is 1.97. The van der Waals surface area contributed by atoms with Crippen LogP contribution in [0.2, 0.25) is 0 Å². The SMILES string of the molecule is CCOC(=O)/C=C/C(=O)NC(=S)Nc1cccc(NC(=O)CC)c1. The number of thiocarbonyl (C=S) groups is 1. The standard InChI is InChI=1S/C16H19N3O4S/c1-3-13(20)17-11-6-5-7-12(10-11)18-16(24)19-14(21)8-9-15(22)23-4-2/h5-10H,3-4H2,1-2H3,(H,17,20)(H2,18,19,21,24)/b9-8+. The molecular formula is C16H19N3O4S. The van der Waals surface area contributed by atoms with Crippen LogP contribution in [-0.2, 0) is 19.1 Å². The number of amides is 2. The predicted molar refractivity (Wildman–Crippen MR) is 95.5 cm³/mol. The number of rotatable bonds is 6. The number of esters is 1. The molecule has 7 nitrogen and oxygen atoms in total. The van der Waals surface area contributed by atoms with Gasteiger partial charge in [0.25, 0.3) is 0 Å². The van der Waals surface area contributed by atoms with Crippen molar-refractivity contribution in [3.8, 4) is 0 Å². The summed E-state index contributed by atoms with van der Waals surface area (Å²) in [4.78, 5) is 34.1. The van der Waals surface area contributed by atoms with Crippen LogP contribution in [0.3, 0.4) is 0 Å². The lowest BCUT2D eigenvalue weighted by Gasteiger charge is -2.10. The molecule has 0 aliphatic carbocycles. The zero-order chi connectivity index (χ0) is 17.9. The van der Waals surface area contributed by atoms with Crippen LogP contribution < -0.4 is 16.0 Å². The summed E-state index contributed by atoms with van der Waals surface area (Å²) in [6.45, 7) is 3.66. The quantitative estimate of drug-likeness (QED) is 0.413. The number of carbonyl (C=O) groups is 3. The normalized spacial score (nSPS) is 10.1. The van der Waals surface area contributed by atoms with E-state index in [9.17, 15) is 14.4 Å². The largest absolute Gasteiger partial charge is 0.463 e. The van der Waals surface area contributed by atoms with E-state index in [-0.39, 0.29) is 17.6 Å². The molecule has 0 heterocycles. The van der Waals surface area contributed by atoms with Crippen molar-refractivity contribution in [3.63, 3.8) is 0 Å². The minimum absolute atomic E-state index is 0.0625. The third-order valence-electron chi connectivity index (χ3n) is 2.62. The summed E-state index contributed by atoms with van der Waals surface area (Å²) < 4.78 is 4.66. The highest BCUT2D eigenvalue weighted by molar-refractivity contribution is 7.80. The molecule has 0 saturated heterocycles. The third kappa shape index (κ3) is 7.50. The van der Waals surface area contributed by atoms with Gasteiger partial charge < -0.3 is 15.4 Å². The minimum Gasteiger partial charge on any atom is -0.463 e. The van der Waals surface area contributed by atoms with Crippen LogP contribution in [0.1, 0.15) is 20.3 Å². The number of ether oxygens (including phenoxy) is 1. The molecule has 24 heavy (non-hydrogen) atoms. The maximum atomic E-state index is 11.6. The Balaban J connectivity index is 2.55. The highest BCUT2D eigenvalue weighted by Gasteiger charge is 2.04. The molecule has 0 unspecified atom stereocenters. The van der Waals surface area contributed by atoms with Crippen molar-refractivity contribution in [1.29, 1.82) is 0 Å². The maximum absolute atomic E-state index is 11.6. The Bertz CT molecular complexity index is 658. The van der Waals surface area contributed by atoms with Gasteiger partial charge in [-0.05, 0) is 37.3 Å². The Kier molecular flexibility index (Phi) is 8.14. The first-order valence-electron chi connectivity index (χ1n) is 7.31. The molecule has 8 heteroatoms. The summed E-state index contributed by atoms with van der Waals surface area (Å²) in [5.74, 6) is -1.27. The van der Waals surface area contributed by atoms with Crippen molar-refractivity contribution in [2.75, 3.05) is 17.2 Å². The molecule has 2 amide bonds. The zero-order valence-corrected chi connectivity index (χ0v) is 14.2. The first-order chi connectivity index (χ1) is 11.4. The molecule has 0 aliphatic heterocycles. The molecule has 0 aromatic heterocycles. The summed E-state index contributed by atoms with van der Waals surface area (Å²) in [6, 6.07) is 6.89. The first kappa shape index (κ1) is 19.3. The van der Waals surface area contributed by atoms with Crippen LogP contribution in [-0.4, -0.2) is 29.5 Å². The van der Waals surface area contributed by atoms with Gasteiger partial charge in [0.05, 0.1) is 6.61 Å². The Morgan fingerprint density at radius 3 is 2.42 bits per heavy atom. The van der Waals surface area contributed by atoms with Crippen molar-refractivity contribution in [1.82, 2.24) is 5.32 Å². The van der Waals surface area contributed by atoms with Crippen molar-refractivity contribution in [2.45, 2.75) is 20.3 Å². The van der Waals surface area contributed by atoms with Gasteiger partial charge in [0, 0.05) is 29.9 Å². The number of benzene rings is 1. The van der Waals surface area contributed by atoms with Gasteiger partial charge in [-0.1, -0.05) is 13.0 Å². The minimum atomic E-state index is -0.606. The van der Waals surface area contributed by atoms with Crippen LogP contribution >= 0.6 is 12.2 Å². The van der Waals surface area contributed by atoms with Gasteiger partial charge in [-0.2, -0.15) is 0 Å². The first-order valence-corrected chi connectivity index (χ1v) is 7.72. The second kappa shape index (κ2) is 10.1. The molecule has 0 spiro atoms. The molecule has 3 N–H and O–H groups in total. The summed E-state index contributed by atoms with van der Waals surface area (Å²) >= 11 is 5.02. The Hall–Kier alpha value is -2.74. The molecule has 1 aromatic rings. The summed E-state index contributed by atoms with van der Waals surface area (Å²) in [7, 11) is 0. The Morgan fingerprint density at radius 1 is 1.12 bits per heavy atom. The molecule has 1 aromatic carbocycles. The molecule has 0 radical (unpaired) electrons. The molecular weight excluding hydrogens is 330 g/mol. The van der Waals surface area contributed by atoms with Gasteiger partial charge >= 0.3 is 5.97 Å². The van der Waals surface area contributed by atoms with Gasteiger partial charge in [-0.15, -0.1) is 0 Å². The van der Waals surface area contributed by atoms with Crippen LogP contribution in [0.4, 0.5) is 11.4 Å². The van der Waals surface area contributed by atoms with Crippen molar-refractivity contribution in [2.24, 2.45) is 0 Å². The van der Waals surface area contributed by atoms with Crippen molar-refractivity contribution >= 4 is 46.5 Å². The second-order valence-electron chi connectivity index (χ2n) is 4.51. The van der Waals surface area contributed by atoms with E-state index >= 15 is 0 Å². The highest BCUT2D eigenvalue weighted by Crippen LogP contribution is 2.15. The number of hydrogen-bond donors (Lipinski definition) is 3. The van der Waals surface area contributed by atoms with Gasteiger partial charge in [-0.3, -0.25) is 14.9 Å². The second-order valence-corrected chi connectivity index (χ2v) is 4.92. The number of anilines is 2. The van der Waals surface area contributed by atoms with Gasteiger partial charge in [0.2, 0.25) is 11.8 Å². The summed E-state index contributed by atoms with van der Waals surface area (Å²) in [6.07, 6.45) is 2.42. The number of hydrogen-bond acceptors (Lipinski definition) is 5. The van der Waals surface area contributed by atoms with Crippen LogP contribution in [0.25, 0.3) is 0 Å². The molecule has 0 aliphatic rings. The van der Waals surface area contributed by atoms with E-state index < -0.39 is 11.9 Å². The van der Waals surface area contributed by atoms with E-state index in [0.29, 0.717) is 17.8 Å². The van der Waals surface area contributed by atoms with E-state index in [1.54, 1.807) is 38.1 Å². The topological polar surface area (TPSA) is 96.5 Å². The lowest BCUT2D eigenvalue weighted by Crippen LogP contribution is -2.33. The highest BCUT2D eigenvalue weighted by atomic mass is 32.1. The maximum Gasteiger partial charge on any atom is 0.330 e. The van der Waals surface area contributed by atoms with Gasteiger partial charge in [-0.25, -0.2) is 4.79 Å². The van der Waals surface area contributed by atoms with Crippen LogP contribution in [0.5, 0.6) is 0 Å². The van der Waals surface area contributed by atoms with Gasteiger partial charge in [0.1, 0.15) is 0 Å². The summed E-state index contributed by atoms with van der Waals surface area (Å²) in [5.41, 5.74) is 1.21. The van der Waals surface area contributed by atoms with Crippen molar-refractivity contribution in [3.05, 3.63) is 36.4 Å². The fourth-order valence-corrected chi connectivity index (χ4v) is 1.79. The Morgan fingerprint density at radius 2 is 1.79 bits per heavy atom. The zero-order valence-electron chi connectivity index (χ0n) is 13.4. The molecule has 1 rings (SSSR count).